The zero-order valence-corrected chi connectivity index (χ0v) is 11.7. The van der Waals surface area contributed by atoms with Crippen molar-refractivity contribution in [2.45, 2.75) is 18.9 Å². The van der Waals surface area contributed by atoms with E-state index in [0.717, 1.165) is 41.7 Å². The molecule has 0 bridgehead atoms. The smallest absolute Gasteiger partial charge is 0.119 e. The first kappa shape index (κ1) is 12.9. The molecule has 3 N–H and O–H groups in total. The molecule has 1 aliphatic heterocycles. The van der Waals surface area contributed by atoms with Crippen LogP contribution in [0.25, 0.3) is 0 Å². The van der Waals surface area contributed by atoms with Gasteiger partial charge in [-0.2, -0.15) is 0 Å². The van der Waals surface area contributed by atoms with Crippen LogP contribution in [0.15, 0.2) is 22.7 Å². The highest BCUT2D eigenvalue weighted by atomic mass is 79.9. The molecule has 1 aromatic carbocycles. The largest absolute Gasteiger partial charge is 0.497 e. The average molecular weight is 299 g/mol. The molecule has 0 aromatic heterocycles. The lowest BCUT2D eigenvalue weighted by molar-refractivity contribution is 0.320. The minimum atomic E-state index is 0.0848. The van der Waals surface area contributed by atoms with Crippen LogP contribution in [-0.4, -0.2) is 20.2 Å². The Hall–Kier alpha value is -0.580. The van der Waals surface area contributed by atoms with Gasteiger partial charge >= 0.3 is 0 Å². The molecule has 1 atom stereocenters. The van der Waals surface area contributed by atoms with Crippen LogP contribution in [-0.2, 0) is 0 Å². The lowest BCUT2D eigenvalue weighted by Gasteiger charge is -2.29. The molecule has 1 fully saturated rings. The highest BCUT2D eigenvalue weighted by Crippen LogP contribution is 2.33. The SMILES string of the molecule is COc1ccc(Br)c([C@H](N)C2CCNCC2)c1. The highest BCUT2D eigenvalue weighted by molar-refractivity contribution is 9.10. The Morgan fingerprint density at radius 1 is 1.41 bits per heavy atom. The van der Waals surface area contributed by atoms with Crippen LogP contribution >= 0.6 is 15.9 Å². The van der Waals surface area contributed by atoms with E-state index < -0.39 is 0 Å². The summed E-state index contributed by atoms with van der Waals surface area (Å²) in [6.07, 6.45) is 2.29. The second-order valence-corrected chi connectivity index (χ2v) is 5.35. The molecule has 2 rings (SSSR count). The van der Waals surface area contributed by atoms with E-state index in [1.165, 1.54) is 0 Å². The number of nitrogens with one attached hydrogen (secondary N) is 1. The van der Waals surface area contributed by atoms with Crippen LogP contribution in [0.4, 0.5) is 0 Å². The van der Waals surface area contributed by atoms with Gasteiger partial charge < -0.3 is 15.8 Å². The zero-order chi connectivity index (χ0) is 12.3. The summed E-state index contributed by atoms with van der Waals surface area (Å²) in [4.78, 5) is 0. The maximum absolute atomic E-state index is 6.38. The predicted octanol–water partition coefficient (Wildman–Crippen LogP) is 2.46. The van der Waals surface area contributed by atoms with Crippen LogP contribution in [0.5, 0.6) is 5.75 Å². The molecule has 1 aliphatic rings. The zero-order valence-electron chi connectivity index (χ0n) is 10.1. The van der Waals surface area contributed by atoms with E-state index in [9.17, 15) is 0 Å². The number of hydrogen-bond acceptors (Lipinski definition) is 3. The first-order chi connectivity index (χ1) is 8.22. The van der Waals surface area contributed by atoms with Crippen molar-refractivity contribution >= 4 is 15.9 Å². The Morgan fingerprint density at radius 3 is 2.76 bits per heavy atom. The van der Waals surface area contributed by atoms with E-state index in [-0.39, 0.29) is 6.04 Å². The van der Waals surface area contributed by atoms with E-state index in [1.54, 1.807) is 7.11 Å². The number of piperidine rings is 1. The quantitative estimate of drug-likeness (QED) is 0.901. The van der Waals surface area contributed by atoms with Gasteiger partial charge in [-0.15, -0.1) is 0 Å². The Kier molecular flexibility index (Phi) is 4.42. The fraction of sp³-hybridized carbons (Fsp3) is 0.538. The number of ether oxygens (including phenoxy) is 1. The van der Waals surface area contributed by atoms with Crippen molar-refractivity contribution in [3.63, 3.8) is 0 Å². The molecule has 3 nitrogen and oxygen atoms in total. The van der Waals surface area contributed by atoms with Gasteiger partial charge in [0.05, 0.1) is 7.11 Å². The summed E-state index contributed by atoms with van der Waals surface area (Å²) in [6, 6.07) is 6.08. The molecule has 17 heavy (non-hydrogen) atoms. The van der Waals surface area contributed by atoms with Crippen molar-refractivity contribution in [1.29, 1.82) is 0 Å². The number of halogens is 1. The van der Waals surface area contributed by atoms with Gasteiger partial charge in [-0.25, -0.2) is 0 Å². The van der Waals surface area contributed by atoms with Gasteiger partial charge in [0.25, 0.3) is 0 Å². The Balaban J connectivity index is 2.19. The van der Waals surface area contributed by atoms with Gasteiger partial charge in [0.1, 0.15) is 5.75 Å². The summed E-state index contributed by atoms with van der Waals surface area (Å²) in [5.74, 6) is 1.42. The molecular formula is C13H19BrN2O. The van der Waals surface area contributed by atoms with Crippen LogP contribution in [0.1, 0.15) is 24.4 Å². The van der Waals surface area contributed by atoms with Crippen LogP contribution in [0.3, 0.4) is 0 Å². The Labute approximate surface area is 111 Å². The minimum absolute atomic E-state index is 0.0848. The molecule has 0 saturated carbocycles. The molecule has 0 spiro atoms. The standard InChI is InChI=1S/C13H19BrN2O/c1-17-10-2-3-12(14)11(8-10)13(15)9-4-6-16-7-5-9/h2-3,8-9,13,16H,4-7,15H2,1H3/t13-/m1/s1. The van der Waals surface area contributed by atoms with E-state index in [4.69, 9.17) is 10.5 Å². The van der Waals surface area contributed by atoms with E-state index >= 15 is 0 Å². The van der Waals surface area contributed by atoms with Crippen molar-refractivity contribution in [1.82, 2.24) is 5.32 Å². The van der Waals surface area contributed by atoms with Gasteiger partial charge in [0.15, 0.2) is 0 Å². The summed E-state index contributed by atoms with van der Waals surface area (Å²) in [6.45, 7) is 2.14. The fourth-order valence-electron chi connectivity index (χ4n) is 2.36. The van der Waals surface area contributed by atoms with Crippen LogP contribution in [0.2, 0.25) is 0 Å². The predicted molar refractivity (Wildman–Crippen MR) is 73.2 cm³/mol. The number of hydrogen-bond donors (Lipinski definition) is 2. The molecule has 0 unspecified atom stereocenters. The molecule has 1 heterocycles. The number of nitrogens with two attached hydrogens (primary N) is 1. The summed E-state index contributed by atoms with van der Waals surface area (Å²) in [7, 11) is 1.68. The lowest BCUT2D eigenvalue weighted by atomic mass is 9.86. The topological polar surface area (TPSA) is 47.3 Å². The molecule has 0 amide bonds. The lowest BCUT2D eigenvalue weighted by Crippen LogP contribution is -2.33. The highest BCUT2D eigenvalue weighted by Gasteiger charge is 2.23. The average Bonchev–Trinajstić information content (AvgIpc) is 2.39. The molecule has 4 heteroatoms. The summed E-state index contributed by atoms with van der Waals surface area (Å²) in [5.41, 5.74) is 7.53. The second-order valence-electron chi connectivity index (χ2n) is 4.50. The number of rotatable bonds is 3. The Bertz CT molecular complexity index is 378. The minimum Gasteiger partial charge on any atom is -0.497 e. The van der Waals surface area contributed by atoms with E-state index in [1.807, 2.05) is 18.2 Å². The molecule has 94 valence electrons. The van der Waals surface area contributed by atoms with Gasteiger partial charge in [0.2, 0.25) is 0 Å². The first-order valence-corrected chi connectivity index (χ1v) is 6.81. The van der Waals surface area contributed by atoms with Crippen molar-refractivity contribution < 1.29 is 4.74 Å². The van der Waals surface area contributed by atoms with Crippen molar-refractivity contribution in [2.24, 2.45) is 11.7 Å². The number of methoxy groups -OCH3 is 1. The molecule has 0 aliphatic carbocycles. The maximum atomic E-state index is 6.38. The second kappa shape index (κ2) is 5.85. The summed E-state index contributed by atoms with van der Waals surface area (Å²) >= 11 is 3.58. The molecule has 1 aromatic rings. The molecule has 0 radical (unpaired) electrons. The fourth-order valence-corrected chi connectivity index (χ4v) is 2.87. The van der Waals surface area contributed by atoms with Crippen molar-refractivity contribution in [3.8, 4) is 5.75 Å². The van der Waals surface area contributed by atoms with Gasteiger partial charge in [0, 0.05) is 10.5 Å². The third-order valence-corrected chi connectivity index (χ3v) is 4.18. The summed E-state index contributed by atoms with van der Waals surface area (Å²) < 4.78 is 6.33. The maximum Gasteiger partial charge on any atom is 0.119 e. The van der Waals surface area contributed by atoms with E-state index in [0.29, 0.717) is 5.92 Å². The molecule has 1 saturated heterocycles. The molecular weight excluding hydrogens is 280 g/mol. The summed E-state index contributed by atoms with van der Waals surface area (Å²) in [5, 5.41) is 3.37. The Morgan fingerprint density at radius 2 is 2.12 bits per heavy atom. The van der Waals surface area contributed by atoms with Crippen LogP contribution < -0.4 is 15.8 Å². The van der Waals surface area contributed by atoms with Gasteiger partial charge in [-0.05, 0) is 55.6 Å². The van der Waals surface area contributed by atoms with E-state index in [2.05, 4.69) is 21.2 Å². The third kappa shape index (κ3) is 3.00. The third-order valence-electron chi connectivity index (χ3n) is 3.45. The van der Waals surface area contributed by atoms with Gasteiger partial charge in [-0.3, -0.25) is 0 Å². The van der Waals surface area contributed by atoms with Crippen molar-refractivity contribution in [2.75, 3.05) is 20.2 Å². The van der Waals surface area contributed by atoms with Crippen LogP contribution in [0, 0.1) is 5.92 Å². The normalized spacial score (nSPS) is 19.0. The number of benzene rings is 1. The van der Waals surface area contributed by atoms with Crippen molar-refractivity contribution in [3.05, 3.63) is 28.2 Å². The monoisotopic (exact) mass is 298 g/mol. The first-order valence-electron chi connectivity index (χ1n) is 6.02. The van der Waals surface area contributed by atoms with Gasteiger partial charge in [-0.1, -0.05) is 15.9 Å².